The van der Waals surface area contributed by atoms with E-state index < -0.39 is 0 Å². The maximum Gasteiger partial charge on any atom is 0.252 e. The average Bonchev–Trinajstić information content (AvgIpc) is 3.08. The average molecular weight is 318 g/mol. The molecule has 2 rings (SSSR count). The van der Waals surface area contributed by atoms with Crippen LogP contribution in [0.15, 0.2) is 41.1 Å². The Labute approximate surface area is 133 Å². The summed E-state index contributed by atoms with van der Waals surface area (Å²) in [6, 6.07) is 9.25. The lowest BCUT2D eigenvalue weighted by Gasteiger charge is -2.07. The van der Waals surface area contributed by atoms with E-state index in [0.717, 1.165) is 11.3 Å². The molecular formula is C16H18N2O3S. The lowest BCUT2D eigenvalue weighted by molar-refractivity contribution is -0.121. The molecule has 22 heavy (non-hydrogen) atoms. The van der Waals surface area contributed by atoms with Crippen molar-refractivity contribution in [3.05, 3.63) is 52.2 Å². The zero-order chi connectivity index (χ0) is 15.8. The van der Waals surface area contributed by atoms with E-state index in [1.807, 2.05) is 29.6 Å². The van der Waals surface area contributed by atoms with Gasteiger partial charge in [0.1, 0.15) is 5.75 Å². The second-order valence-electron chi connectivity index (χ2n) is 4.64. The Hall–Kier alpha value is -2.34. The van der Waals surface area contributed by atoms with Crippen LogP contribution in [0.4, 0.5) is 0 Å². The van der Waals surface area contributed by atoms with E-state index in [0.29, 0.717) is 18.7 Å². The first-order valence-corrected chi connectivity index (χ1v) is 7.83. The Morgan fingerprint density at radius 2 is 1.91 bits per heavy atom. The third-order valence-electron chi connectivity index (χ3n) is 3.07. The largest absolute Gasteiger partial charge is 0.497 e. The van der Waals surface area contributed by atoms with Gasteiger partial charge in [0.2, 0.25) is 5.91 Å². The standard InChI is InChI=1S/C16H18N2O3S/c1-21-14-4-2-12(3-5-14)10-18-15(19)6-8-17-16(20)13-7-9-22-11-13/h2-5,7,9,11H,6,8,10H2,1H3,(H,17,20)(H,18,19). The van der Waals surface area contributed by atoms with Crippen LogP contribution < -0.4 is 15.4 Å². The molecule has 2 amide bonds. The van der Waals surface area contributed by atoms with Crippen molar-refractivity contribution in [2.24, 2.45) is 0 Å². The van der Waals surface area contributed by atoms with Gasteiger partial charge in [-0.15, -0.1) is 0 Å². The Morgan fingerprint density at radius 3 is 2.55 bits per heavy atom. The van der Waals surface area contributed by atoms with Gasteiger partial charge in [-0.05, 0) is 29.1 Å². The van der Waals surface area contributed by atoms with Crippen molar-refractivity contribution >= 4 is 23.2 Å². The highest BCUT2D eigenvalue weighted by atomic mass is 32.1. The number of ether oxygens (including phenoxy) is 1. The molecule has 0 radical (unpaired) electrons. The van der Waals surface area contributed by atoms with Crippen molar-refractivity contribution in [2.75, 3.05) is 13.7 Å². The Kier molecular flexibility index (Phi) is 5.97. The summed E-state index contributed by atoms with van der Waals surface area (Å²) in [6.45, 7) is 0.782. The molecule has 0 aliphatic heterocycles. The summed E-state index contributed by atoms with van der Waals surface area (Å²) in [5.74, 6) is 0.539. The number of carbonyl (C=O) groups is 2. The van der Waals surface area contributed by atoms with Crippen LogP contribution in [0.25, 0.3) is 0 Å². The van der Waals surface area contributed by atoms with E-state index in [9.17, 15) is 9.59 Å². The number of carbonyl (C=O) groups excluding carboxylic acids is 2. The molecule has 2 aromatic rings. The summed E-state index contributed by atoms with van der Waals surface area (Å²) in [4.78, 5) is 23.4. The van der Waals surface area contributed by atoms with Gasteiger partial charge in [-0.25, -0.2) is 0 Å². The van der Waals surface area contributed by atoms with Gasteiger partial charge in [0.15, 0.2) is 0 Å². The number of methoxy groups -OCH3 is 1. The number of thiophene rings is 1. The lowest BCUT2D eigenvalue weighted by Crippen LogP contribution is -2.30. The molecule has 0 spiro atoms. The summed E-state index contributed by atoms with van der Waals surface area (Å²) in [5, 5.41) is 9.16. The first-order valence-electron chi connectivity index (χ1n) is 6.89. The van der Waals surface area contributed by atoms with Crippen LogP contribution in [0.3, 0.4) is 0 Å². The SMILES string of the molecule is COc1ccc(CNC(=O)CCNC(=O)c2ccsc2)cc1. The second-order valence-corrected chi connectivity index (χ2v) is 5.42. The highest BCUT2D eigenvalue weighted by molar-refractivity contribution is 7.08. The summed E-state index contributed by atoms with van der Waals surface area (Å²) in [6.07, 6.45) is 0.256. The fraction of sp³-hybridized carbons (Fsp3) is 0.250. The summed E-state index contributed by atoms with van der Waals surface area (Å²) in [7, 11) is 1.61. The predicted octanol–water partition coefficient (Wildman–Crippen LogP) is 2.19. The van der Waals surface area contributed by atoms with E-state index in [2.05, 4.69) is 10.6 Å². The topological polar surface area (TPSA) is 67.4 Å². The van der Waals surface area contributed by atoms with Crippen molar-refractivity contribution in [2.45, 2.75) is 13.0 Å². The summed E-state index contributed by atoms with van der Waals surface area (Å²) < 4.78 is 5.07. The monoisotopic (exact) mass is 318 g/mol. The molecule has 1 aromatic carbocycles. The van der Waals surface area contributed by atoms with E-state index >= 15 is 0 Å². The van der Waals surface area contributed by atoms with Crippen LogP contribution in [0, 0.1) is 0 Å². The first-order chi connectivity index (χ1) is 10.7. The predicted molar refractivity (Wildman–Crippen MR) is 86.1 cm³/mol. The maximum absolute atomic E-state index is 11.7. The molecule has 6 heteroatoms. The minimum atomic E-state index is -0.149. The van der Waals surface area contributed by atoms with Crippen molar-refractivity contribution in [3.63, 3.8) is 0 Å². The highest BCUT2D eigenvalue weighted by Gasteiger charge is 2.06. The molecule has 1 heterocycles. The minimum absolute atomic E-state index is 0.0959. The Balaban J connectivity index is 1.66. The van der Waals surface area contributed by atoms with Gasteiger partial charge in [-0.2, -0.15) is 11.3 Å². The van der Waals surface area contributed by atoms with Crippen LogP contribution in [-0.4, -0.2) is 25.5 Å². The normalized spacial score (nSPS) is 10.0. The number of rotatable bonds is 7. The first kappa shape index (κ1) is 16.0. The minimum Gasteiger partial charge on any atom is -0.497 e. The van der Waals surface area contributed by atoms with Gasteiger partial charge in [0.05, 0.1) is 7.11 Å². The summed E-state index contributed by atoms with van der Waals surface area (Å²) >= 11 is 1.47. The van der Waals surface area contributed by atoms with Crippen molar-refractivity contribution in [1.82, 2.24) is 10.6 Å². The van der Waals surface area contributed by atoms with Gasteiger partial charge < -0.3 is 15.4 Å². The van der Waals surface area contributed by atoms with E-state index in [1.54, 1.807) is 18.6 Å². The molecule has 0 bridgehead atoms. The molecule has 5 nitrogen and oxygen atoms in total. The molecule has 0 aliphatic carbocycles. The van der Waals surface area contributed by atoms with Gasteiger partial charge in [-0.1, -0.05) is 12.1 Å². The molecule has 1 aromatic heterocycles. The van der Waals surface area contributed by atoms with Crippen LogP contribution in [0.5, 0.6) is 5.75 Å². The van der Waals surface area contributed by atoms with E-state index in [1.165, 1.54) is 11.3 Å². The van der Waals surface area contributed by atoms with Crippen LogP contribution in [-0.2, 0) is 11.3 Å². The Morgan fingerprint density at radius 1 is 1.14 bits per heavy atom. The van der Waals surface area contributed by atoms with Crippen molar-refractivity contribution in [3.8, 4) is 5.75 Å². The summed E-state index contributed by atoms with van der Waals surface area (Å²) in [5.41, 5.74) is 1.63. The van der Waals surface area contributed by atoms with Crippen LogP contribution >= 0.6 is 11.3 Å². The molecule has 116 valence electrons. The van der Waals surface area contributed by atoms with Gasteiger partial charge in [0, 0.05) is 30.5 Å². The maximum atomic E-state index is 11.7. The molecule has 0 saturated carbocycles. The molecule has 0 fully saturated rings. The number of amides is 2. The fourth-order valence-corrected chi connectivity index (χ4v) is 2.45. The third kappa shape index (κ3) is 4.89. The highest BCUT2D eigenvalue weighted by Crippen LogP contribution is 2.10. The van der Waals surface area contributed by atoms with E-state index in [-0.39, 0.29) is 18.2 Å². The number of hydrogen-bond acceptors (Lipinski definition) is 4. The van der Waals surface area contributed by atoms with Crippen LogP contribution in [0.1, 0.15) is 22.3 Å². The fourth-order valence-electron chi connectivity index (χ4n) is 1.82. The number of benzene rings is 1. The lowest BCUT2D eigenvalue weighted by atomic mass is 10.2. The van der Waals surface area contributed by atoms with Gasteiger partial charge >= 0.3 is 0 Å². The van der Waals surface area contributed by atoms with Gasteiger partial charge in [-0.3, -0.25) is 9.59 Å². The van der Waals surface area contributed by atoms with Crippen LogP contribution in [0.2, 0.25) is 0 Å². The van der Waals surface area contributed by atoms with Crippen molar-refractivity contribution in [1.29, 1.82) is 0 Å². The molecular weight excluding hydrogens is 300 g/mol. The number of nitrogens with one attached hydrogen (secondary N) is 2. The zero-order valence-electron chi connectivity index (χ0n) is 12.3. The molecule has 0 unspecified atom stereocenters. The molecule has 2 N–H and O–H groups in total. The van der Waals surface area contributed by atoms with Crippen molar-refractivity contribution < 1.29 is 14.3 Å². The molecule has 0 atom stereocenters. The van der Waals surface area contributed by atoms with Gasteiger partial charge in [0.25, 0.3) is 5.91 Å². The third-order valence-corrected chi connectivity index (χ3v) is 3.75. The number of hydrogen-bond donors (Lipinski definition) is 2. The zero-order valence-corrected chi connectivity index (χ0v) is 13.1. The Bertz CT molecular complexity index is 609. The quantitative estimate of drug-likeness (QED) is 0.822. The second kappa shape index (κ2) is 8.19. The smallest absolute Gasteiger partial charge is 0.252 e. The van der Waals surface area contributed by atoms with E-state index in [4.69, 9.17) is 4.74 Å². The molecule has 0 saturated heterocycles. The molecule has 0 aliphatic rings.